The maximum Gasteiger partial charge on any atom is 0.258 e. The summed E-state index contributed by atoms with van der Waals surface area (Å²) >= 11 is 0. The molecule has 2 fully saturated rings. The van der Waals surface area contributed by atoms with Crippen molar-refractivity contribution in [2.45, 2.75) is 39.2 Å². The molecular formula is C26H28N4O. The third-order valence-electron chi connectivity index (χ3n) is 6.78. The van der Waals surface area contributed by atoms with Crippen molar-refractivity contribution >= 4 is 11.4 Å². The SMILES string of the molecule is [C-]#[N+]C1(c2ccc(N(CC3CNC3)c3cc(-c4c(C)noc4C)ccc3C)cc2)CC1. The van der Waals surface area contributed by atoms with Crippen molar-refractivity contribution in [3.63, 3.8) is 0 Å². The molecule has 0 spiro atoms. The van der Waals surface area contributed by atoms with Crippen molar-refractivity contribution in [2.75, 3.05) is 24.5 Å². The molecule has 158 valence electrons. The van der Waals surface area contributed by atoms with E-state index in [4.69, 9.17) is 11.1 Å². The van der Waals surface area contributed by atoms with Gasteiger partial charge in [0.25, 0.3) is 5.54 Å². The van der Waals surface area contributed by atoms with Crippen molar-refractivity contribution in [2.24, 2.45) is 5.92 Å². The van der Waals surface area contributed by atoms with Crippen LogP contribution in [0.15, 0.2) is 47.0 Å². The minimum atomic E-state index is -0.263. The minimum Gasteiger partial charge on any atom is -0.361 e. The number of aryl methyl sites for hydroxylation is 3. The van der Waals surface area contributed by atoms with Gasteiger partial charge in [-0.15, -0.1) is 0 Å². The lowest BCUT2D eigenvalue weighted by atomic mass is 9.98. The number of hydrogen-bond acceptors (Lipinski definition) is 4. The van der Waals surface area contributed by atoms with Gasteiger partial charge in [0.1, 0.15) is 5.76 Å². The first-order valence-corrected chi connectivity index (χ1v) is 11.0. The third-order valence-corrected chi connectivity index (χ3v) is 6.78. The Morgan fingerprint density at radius 1 is 1.13 bits per heavy atom. The predicted octanol–water partition coefficient (Wildman–Crippen LogP) is 5.53. The van der Waals surface area contributed by atoms with E-state index >= 15 is 0 Å². The van der Waals surface area contributed by atoms with Crippen LogP contribution in [0, 0.1) is 33.3 Å². The molecule has 0 bridgehead atoms. The van der Waals surface area contributed by atoms with Gasteiger partial charge in [0.05, 0.1) is 5.69 Å². The van der Waals surface area contributed by atoms with Crippen LogP contribution in [0.2, 0.25) is 0 Å². The van der Waals surface area contributed by atoms with Gasteiger partial charge in [-0.2, -0.15) is 0 Å². The van der Waals surface area contributed by atoms with Crippen LogP contribution in [-0.2, 0) is 5.54 Å². The number of anilines is 2. The Hall–Kier alpha value is -3.10. The second-order valence-corrected chi connectivity index (χ2v) is 9.03. The predicted molar refractivity (Wildman–Crippen MR) is 123 cm³/mol. The number of rotatable bonds is 6. The normalized spacial score (nSPS) is 17.1. The van der Waals surface area contributed by atoms with Gasteiger partial charge in [-0.3, -0.25) is 0 Å². The lowest BCUT2D eigenvalue weighted by Gasteiger charge is -2.35. The topological polar surface area (TPSA) is 45.7 Å². The first-order chi connectivity index (χ1) is 15.0. The zero-order valence-corrected chi connectivity index (χ0v) is 18.4. The Kier molecular flexibility index (Phi) is 4.83. The maximum atomic E-state index is 7.55. The van der Waals surface area contributed by atoms with Crippen LogP contribution in [-0.4, -0.2) is 24.8 Å². The van der Waals surface area contributed by atoms with E-state index in [0.717, 1.165) is 60.6 Å². The maximum absolute atomic E-state index is 7.55. The number of nitrogens with one attached hydrogen (secondary N) is 1. The number of aromatic nitrogens is 1. The van der Waals surface area contributed by atoms with Crippen LogP contribution < -0.4 is 10.2 Å². The summed E-state index contributed by atoms with van der Waals surface area (Å²) in [7, 11) is 0. The molecule has 2 aliphatic rings. The number of hydrogen-bond donors (Lipinski definition) is 1. The molecule has 5 rings (SSSR count). The highest BCUT2D eigenvalue weighted by Gasteiger charge is 2.52. The molecule has 1 aromatic heterocycles. The first-order valence-electron chi connectivity index (χ1n) is 11.0. The average Bonchev–Trinajstić information content (AvgIpc) is 3.48. The van der Waals surface area contributed by atoms with E-state index < -0.39 is 0 Å². The van der Waals surface area contributed by atoms with E-state index in [1.165, 1.54) is 16.9 Å². The van der Waals surface area contributed by atoms with E-state index in [0.29, 0.717) is 5.92 Å². The van der Waals surface area contributed by atoms with E-state index in [9.17, 15) is 0 Å². The molecule has 0 unspecified atom stereocenters. The summed E-state index contributed by atoms with van der Waals surface area (Å²) in [6.07, 6.45) is 1.96. The second-order valence-electron chi connectivity index (χ2n) is 9.03. The molecule has 2 aromatic carbocycles. The van der Waals surface area contributed by atoms with Crippen molar-refractivity contribution in [1.29, 1.82) is 0 Å². The Bertz CT molecular complexity index is 1130. The van der Waals surface area contributed by atoms with Crippen molar-refractivity contribution in [1.82, 2.24) is 10.5 Å². The minimum absolute atomic E-state index is 0.263. The Morgan fingerprint density at radius 3 is 2.42 bits per heavy atom. The molecule has 1 saturated heterocycles. The zero-order chi connectivity index (χ0) is 21.6. The fraction of sp³-hybridized carbons (Fsp3) is 0.385. The van der Waals surface area contributed by atoms with Gasteiger partial charge in [-0.25, -0.2) is 6.57 Å². The molecule has 0 amide bonds. The summed E-state index contributed by atoms with van der Waals surface area (Å²) in [6, 6.07) is 15.3. The van der Waals surface area contributed by atoms with Crippen LogP contribution in [0.4, 0.5) is 11.4 Å². The van der Waals surface area contributed by atoms with E-state index in [1.54, 1.807) is 0 Å². The smallest absolute Gasteiger partial charge is 0.258 e. The highest BCUT2D eigenvalue weighted by atomic mass is 16.5. The molecule has 0 atom stereocenters. The van der Waals surface area contributed by atoms with Gasteiger partial charge in [-0.05, 0) is 62.2 Å². The molecule has 5 nitrogen and oxygen atoms in total. The lowest BCUT2D eigenvalue weighted by molar-refractivity contribution is 0.356. The largest absolute Gasteiger partial charge is 0.361 e. The summed E-state index contributed by atoms with van der Waals surface area (Å²) in [5, 5.41) is 7.54. The van der Waals surface area contributed by atoms with Crippen LogP contribution in [0.1, 0.15) is 35.4 Å². The monoisotopic (exact) mass is 412 g/mol. The summed E-state index contributed by atoms with van der Waals surface area (Å²) in [4.78, 5) is 6.32. The molecule has 0 radical (unpaired) electrons. The van der Waals surface area contributed by atoms with Gasteiger partial charge in [0, 0.05) is 60.9 Å². The van der Waals surface area contributed by atoms with Gasteiger partial charge in [-0.1, -0.05) is 17.3 Å². The molecule has 2 heterocycles. The second kappa shape index (κ2) is 7.55. The van der Waals surface area contributed by atoms with Crippen molar-refractivity contribution in [3.8, 4) is 11.1 Å². The summed E-state index contributed by atoms with van der Waals surface area (Å²) in [5.41, 5.74) is 7.65. The first kappa shape index (κ1) is 19.8. The van der Waals surface area contributed by atoms with Gasteiger partial charge >= 0.3 is 0 Å². The molecule has 5 heteroatoms. The zero-order valence-electron chi connectivity index (χ0n) is 18.4. The van der Waals surface area contributed by atoms with Crippen molar-refractivity contribution in [3.05, 3.63) is 76.5 Å². The van der Waals surface area contributed by atoms with Crippen LogP contribution >= 0.6 is 0 Å². The molecule has 31 heavy (non-hydrogen) atoms. The molecule has 3 aromatic rings. The quantitative estimate of drug-likeness (QED) is 0.541. The molecule has 1 aliphatic heterocycles. The van der Waals surface area contributed by atoms with Gasteiger partial charge in [0.2, 0.25) is 0 Å². The van der Waals surface area contributed by atoms with Crippen LogP contribution in [0.5, 0.6) is 0 Å². The van der Waals surface area contributed by atoms with E-state index in [1.807, 2.05) is 13.8 Å². The summed E-state index contributed by atoms with van der Waals surface area (Å²) in [5.74, 6) is 1.47. The van der Waals surface area contributed by atoms with E-state index in [2.05, 4.69) is 69.6 Å². The van der Waals surface area contributed by atoms with Crippen LogP contribution in [0.25, 0.3) is 16.0 Å². The highest BCUT2D eigenvalue weighted by Crippen LogP contribution is 2.50. The molecule has 1 N–H and O–H groups in total. The standard InChI is InChI=1S/C26H28N4O/c1-17-5-6-21(25-18(2)29-31-19(25)3)13-24(17)30(16-20-14-28-15-20)23-9-7-22(8-10-23)26(27-4)11-12-26/h5-10,13,20,28H,11-12,14-16H2,1-3H3. The fourth-order valence-corrected chi connectivity index (χ4v) is 4.56. The molecule has 1 saturated carbocycles. The molecule has 1 aliphatic carbocycles. The Morgan fingerprint density at radius 2 is 1.87 bits per heavy atom. The van der Waals surface area contributed by atoms with Gasteiger partial charge in [0.15, 0.2) is 0 Å². The Balaban J connectivity index is 1.55. The van der Waals surface area contributed by atoms with Crippen molar-refractivity contribution < 1.29 is 4.52 Å². The summed E-state index contributed by atoms with van der Waals surface area (Å²) < 4.78 is 5.42. The fourth-order valence-electron chi connectivity index (χ4n) is 4.56. The van der Waals surface area contributed by atoms with Gasteiger partial charge < -0.3 is 19.6 Å². The summed E-state index contributed by atoms with van der Waals surface area (Å²) in [6.45, 7) is 16.8. The van der Waals surface area contributed by atoms with Crippen LogP contribution in [0.3, 0.4) is 0 Å². The molecular weight excluding hydrogens is 384 g/mol. The van der Waals surface area contributed by atoms with E-state index in [-0.39, 0.29) is 5.54 Å². The lowest BCUT2D eigenvalue weighted by Crippen LogP contribution is -2.47. The Labute approximate surface area is 183 Å². The highest BCUT2D eigenvalue weighted by molar-refractivity contribution is 5.76. The number of benzene rings is 2. The average molecular weight is 413 g/mol. The number of nitrogens with zero attached hydrogens (tertiary/aromatic N) is 3. The third kappa shape index (κ3) is 3.51.